The largest absolute Gasteiger partial charge is 0.495 e. The normalized spacial score (nSPS) is 10.8. The number of halogens is 1. The molecule has 0 aliphatic carbocycles. The minimum atomic E-state index is -1.17. The summed E-state index contributed by atoms with van der Waals surface area (Å²) >= 11 is 3.34. The number of hydrogen-bond donors (Lipinski definition) is 3. The molecule has 0 saturated heterocycles. The van der Waals surface area contributed by atoms with Gasteiger partial charge in [-0.15, -0.1) is 0 Å². The van der Waals surface area contributed by atoms with Crippen molar-refractivity contribution in [2.45, 2.75) is 0 Å². The molecule has 3 rings (SSSR count). The number of carboxylic acid groups (broad SMARTS) is 1. The standard InChI is InChI=1S/C26H23BrN2O7/c1-34-21-12-11-16(26(32)33)14-19(21)28-25(31)20(29-24(30)17-8-4-5-9-18(17)27)13-15-7-6-10-22(35-2)23(15)36-3/h4-14H,1-3H3,(H,28,31)(H,29,30)(H,32,33)/b20-13+. The van der Waals surface area contributed by atoms with Gasteiger partial charge in [-0.25, -0.2) is 4.79 Å². The van der Waals surface area contributed by atoms with Crippen molar-refractivity contribution in [3.8, 4) is 17.2 Å². The van der Waals surface area contributed by atoms with E-state index in [9.17, 15) is 19.5 Å². The van der Waals surface area contributed by atoms with Gasteiger partial charge in [-0.2, -0.15) is 0 Å². The number of hydrogen-bond acceptors (Lipinski definition) is 6. The second kappa shape index (κ2) is 11.9. The lowest BCUT2D eigenvalue weighted by Gasteiger charge is -2.15. The molecular formula is C26H23BrN2O7. The molecule has 3 aromatic carbocycles. The van der Waals surface area contributed by atoms with E-state index < -0.39 is 17.8 Å². The second-order valence-electron chi connectivity index (χ2n) is 7.25. The molecule has 0 bridgehead atoms. The Morgan fingerprint density at radius 3 is 2.25 bits per heavy atom. The quantitative estimate of drug-likeness (QED) is 0.330. The minimum Gasteiger partial charge on any atom is -0.495 e. The number of para-hydroxylation sites is 1. The van der Waals surface area contributed by atoms with Gasteiger partial charge in [-0.05, 0) is 58.4 Å². The molecule has 0 atom stereocenters. The summed E-state index contributed by atoms with van der Waals surface area (Å²) in [4.78, 5) is 37.9. The number of amides is 2. The highest BCUT2D eigenvalue weighted by Gasteiger charge is 2.20. The van der Waals surface area contributed by atoms with E-state index in [1.807, 2.05) is 0 Å². The summed E-state index contributed by atoms with van der Waals surface area (Å²) in [5, 5.41) is 14.6. The Morgan fingerprint density at radius 2 is 1.61 bits per heavy atom. The number of carbonyl (C=O) groups is 3. The first-order valence-electron chi connectivity index (χ1n) is 10.5. The predicted molar refractivity (Wildman–Crippen MR) is 138 cm³/mol. The van der Waals surface area contributed by atoms with Crippen molar-refractivity contribution in [1.29, 1.82) is 0 Å². The van der Waals surface area contributed by atoms with Crippen LogP contribution in [0.15, 0.2) is 70.8 Å². The van der Waals surface area contributed by atoms with Gasteiger partial charge in [0.2, 0.25) is 0 Å². The SMILES string of the molecule is COc1ccc(C(=O)O)cc1NC(=O)/C(=C\c1cccc(OC)c1OC)NC(=O)c1ccccc1Br. The molecule has 0 spiro atoms. The van der Waals surface area contributed by atoms with Crippen LogP contribution in [0.1, 0.15) is 26.3 Å². The highest BCUT2D eigenvalue weighted by molar-refractivity contribution is 9.10. The summed E-state index contributed by atoms with van der Waals surface area (Å²) in [5.41, 5.74) is 0.689. The molecule has 10 heteroatoms. The Labute approximate surface area is 215 Å². The molecule has 0 saturated carbocycles. The van der Waals surface area contributed by atoms with Crippen molar-refractivity contribution in [2.24, 2.45) is 0 Å². The zero-order chi connectivity index (χ0) is 26.2. The molecular weight excluding hydrogens is 532 g/mol. The zero-order valence-corrected chi connectivity index (χ0v) is 21.2. The third kappa shape index (κ3) is 6.02. The van der Waals surface area contributed by atoms with E-state index in [1.54, 1.807) is 42.5 Å². The number of carbonyl (C=O) groups excluding carboxylic acids is 2. The van der Waals surface area contributed by atoms with Crippen molar-refractivity contribution in [3.63, 3.8) is 0 Å². The van der Waals surface area contributed by atoms with Gasteiger partial charge in [-0.1, -0.05) is 24.3 Å². The molecule has 3 aromatic rings. The Balaban J connectivity index is 2.07. The van der Waals surface area contributed by atoms with E-state index in [0.29, 0.717) is 27.1 Å². The lowest BCUT2D eigenvalue weighted by atomic mass is 10.1. The summed E-state index contributed by atoms with van der Waals surface area (Å²) in [6.07, 6.45) is 1.43. The van der Waals surface area contributed by atoms with E-state index in [-0.39, 0.29) is 22.7 Å². The topological polar surface area (TPSA) is 123 Å². The molecule has 0 heterocycles. The maximum Gasteiger partial charge on any atom is 0.335 e. The minimum absolute atomic E-state index is 0.0525. The molecule has 0 fully saturated rings. The Hall–Kier alpha value is -4.31. The smallest absolute Gasteiger partial charge is 0.335 e. The number of carboxylic acids is 1. The number of methoxy groups -OCH3 is 3. The van der Waals surface area contributed by atoms with Gasteiger partial charge < -0.3 is 30.0 Å². The van der Waals surface area contributed by atoms with Crippen LogP contribution in [0.25, 0.3) is 6.08 Å². The average Bonchev–Trinajstić information content (AvgIpc) is 2.88. The van der Waals surface area contributed by atoms with Crippen molar-refractivity contribution in [2.75, 3.05) is 26.6 Å². The summed E-state index contributed by atoms with van der Waals surface area (Å²) < 4.78 is 16.6. The number of aromatic carboxylic acids is 1. The number of anilines is 1. The number of benzene rings is 3. The lowest BCUT2D eigenvalue weighted by molar-refractivity contribution is -0.113. The second-order valence-corrected chi connectivity index (χ2v) is 8.10. The number of nitrogens with one attached hydrogen (secondary N) is 2. The molecule has 36 heavy (non-hydrogen) atoms. The van der Waals surface area contributed by atoms with Crippen LogP contribution in [-0.2, 0) is 4.79 Å². The summed E-state index contributed by atoms with van der Waals surface area (Å²) in [7, 11) is 4.32. The molecule has 0 unspecified atom stereocenters. The fourth-order valence-electron chi connectivity index (χ4n) is 3.30. The summed E-state index contributed by atoms with van der Waals surface area (Å²) in [5.74, 6) is -1.42. The van der Waals surface area contributed by atoms with Gasteiger partial charge >= 0.3 is 5.97 Å². The Bertz CT molecular complexity index is 1340. The molecule has 9 nitrogen and oxygen atoms in total. The Kier molecular flexibility index (Phi) is 8.69. The first-order valence-corrected chi connectivity index (χ1v) is 11.3. The molecule has 0 aliphatic rings. The first-order chi connectivity index (χ1) is 17.3. The van der Waals surface area contributed by atoms with Crippen LogP contribution < -0.4 is 24.8 Å². The highest BCUT2D eigenvalue weighted by atomic mass is 79.9. The number of rotatable bonds is 9. The molecule has 0 radical (unpaired) electrons. The maximum absolute atomic E-state index is 13.4. The summed E-state index contributed by atoms with van der Waals surface area (Å²) in [6.45, 7) is 0. The van der Waals surface area contributed by atoms with E-state index >= 15 is 0 Å². The van der Waals surface area contributed by atoms with Crippen LogP contribution in [0.4, 0.5) is 5.69 Å². The van der Waals surface area contributed by atoms with Crippen LogP contribution in [0.2, 0.25) is 0 Å². The van der Waals surface area contributed by atoms with E-state index in [1.165, 1.54) is 45.6 Å². The van der Waals surface area contributed by atoms with E-state index in [2.05, 4.69) is 26.6 Å². The van der Waals surface area contributed by atoms with Gasteiger partial charge in [0.05, 0.1) is 38.1 Å². The number of ether oxygens (including phenoxy) is 3. The monoisotopic (exact) mass is 554 g/mol. The van der Waals surface area contributed by atoms with E-state index in [4.69, 9.17) is 14.2 Å². The van der Waals surface area contributed by atoms with Gasteiger partial charge in [-0.3, -0.25) is 9.59 Å². The van der Waals surface area contributed by atoms with Crippen molar-refractivity contribution < 1.29 is 33.7 Å². The van der Waals surface area contributed by atoms with Crippen molar-refractivity contribution in [1.82, 2.24) is 5.32 Å². The van der Waals surface area contributed by atoms with Crippen LogP contribution in [-0.4, -0.2) is 44.2 Å². The van der Waals surface area contributed by atoms with Crippen LogP contribution in [0.3, 0.4) is 0 Å². The van der Waals surface area contributed by atoms with Crippen LogP contribution >= 0.6 is 15.9 Å². The van der Waals surface area contributed by atoms with Crippen molar-refractivity contribution in [3.05, 3.63) is 87.5 Å². The van der Waals surface area contributed by atoms with E-state index in [0.717, 1.165) is 0 Å². The fourth-order valence-corrected chi connectivity index (χ4v) is 3.77. The Morgan fingerprint density at radius 1 is 0.889 bits per heavy atom. The van der Waals surface area contributed by atoms with Gasteiger partial charge in [0, 0.05) is 10.0 Å². The van der Waals surface area contributed by atoms with Crippen LogP contribution in [0, 0.1) is 0 Å². The fraction of sp³-hybridized carbons (Fsp3) is 0.115. The molecule has 2 amide bonds. The third-order valence-electron chi connectivity index (χ3n) is 5.04. The average molecular weight is 555 g/mol. The lowest BCUT2D eigenvalue weighted by Crippen LogP contribution is -2.31. The van der Waals surface area contributed by atoms with Crippen molar-refractivity contribution >= 4 is 45.5 Å². The van der Waals surface area contributed by atoms with Gasteiger partial charge in [0.1, 0.15) is 11.4 Å². The molecule has 186 valence electrons. The molecule has 3 N–H and O–H groups in total. The maximum atomic E-state index is 13.4. The highest BCUT2D eigenvalue weighted by Crippen LogP contribution is 2.32. The summed E-state index contributed by atoms with van der Waals surface area (Å²) in [6, 6.07) is 15.9. The first kappa shape index (κ1) is 26.3. The van der Waals surface area contributed by atoms with Crippen LogP contribution in [0.5, 0.6) is 17.2 Å². The van der Waals surface area contributed by atoms with Gasteiger partial charge in [0.15, 0.2) is 11.5 Å². The zero-order valence-electron chi connectivity index (χ0n) is 19.6. The predicted octanol–water partition coefficient (Wildman–Crippen LogP) is 4.58. The third-order valence-corrected chi connectivity index (χ3v) is 5.73. The van der Waals surface area contributed by atoms with Gasteiger partial charge in [0.25, 0.3) is 11.8 Å². The molecule has 0 aliphatic heterocycles. The molecule has 0 aromatic heterocycles.